The van der Waals surface area contributed by atoms with Crippen molar-refractivity contribution < 1.29 is 13.5 Å². The van der Waals surface area contributed by atoms with Gasteiger partial charge in [0, 0.05) is 11.5 Å². The van der Waals surface area contributed by atoms with Gasteiger partial charge in [0.1, 0.15) is 11.4 Å². The summed E-state index contributed by atoms with van der Waals surface area (Å²) in [6.45, 7) is 0. The molecule has 0 atom stereocenters. The molecule has 0 radical (unpaired) electrons. The van der Waals surface area contributed by atoms with Gasteiger partial charge in [-0.3, -0.25) is 0 Å². The third kappa shape index (κ3) is 2.59. The number of ether oxygens (including phenoxy) is 1. The van der Waals surface area contributed by atoms with Crippen molar-refractivity contribution in [2.45, 2.75) is 0 Å². The first-order valence-corrected chi connectivity index (χ1v) is 9.07. The van der Waals surface area contributed by atoms with Gasteiger partial charge in [-0.2, -0.15) is 9.61 Å². The minimum atomic E-state index is -0.984. The zero-order valence-electron chi connectivity index (χ0n) is 14.4. The summed E-state index contributed by atoms with van der Waals surface area (Å²) in [6, 6.07) is 13.3. The second-order valence-corrected chi connectivity index (χ2v) is 6.94. The van der Waals surface area contributed by atoms with Crippen molar-refractivity contribution in [3.8, 4) is 27.8 Å². The highest BCUT2D eigenvalue weighted by molar-refractivity contribution is 7.19. The lowest BCUT2D eigenvalue weighted by atomic mass is 10.2. The van der Waals surface area contributed by atoms with Crippen LogP contribution in [0, 0.1) is 11.6 Å². The average Bonchev–Trinajstić information content (AvgIpc) is 3.30. The number of nitrogens with zero attached hydrogens (tertiary/aromatic N) is 5. The molecule has 0 saturated heterocycles. The van der Waals surface area contributed by atoms with Crippen LogP contribution in [0.3, 0.4) is 0 Å². The Labute approximate surface area is 161 Å². The van der Waals surface area contributed by atoms with E-state index in [1.165, 1.54) is 28.0 Å². The van der Waals surface area contributed by atoms with E-state index in [4.69, 9.17) is 4.74 Å². The number of rotatable bonds is 3. The van der Waals surface area contributed by atoms with Crippen molar-refractivity contribution in [3.05, 3.63) is 60.2 Å². The molecule has 3 heterocycles. The molecular formula is C19H11F2N5OS. The molecule has 0 aliphatic carbocycles. The summed E-state index contributed by atoms with van der Waals surface area (Å²) in [5.74, 6) is -1.09. The predicted octanol–water partition coefficient (Wildman–Crippen LogP) is 4.35. The van der Waals surface area contributed by atoms with Crippen molar-refractivity contribution >= 4 is 27.2 Å². The zero-order chi connectivity index (χ0) is 19.3. The molecular weight excluding hydrogens is 384 g/mol. The Bertz CT molecular complexity index is 1350. The SMILES string of the molecule is COc1ccc2ccc(-c3nn4c(-c5cccc(F)c5F)nnc4s3)nc2c1. The quantitative estimate of drug-likeness (QED) is 0.454. The Balaban J connectivity index is 1.64. The van der Waals surface area contributed by atoms with Gasteiger partial charge in [0.15, 0.2) is 22.5 Å². The third-order valence-electron chi connectivity index (χ3n) is 4.30. The minimum Gasteiger partial charge on any atom is -0.497 e. The monoisotopic (exact) mass is 395 g/mol. The fourth-order valence-electron chi connectivity index (χ4n) is 2.91. The highest BCUT2D eigenvalue weighted by Gasteiger charge is 2.19. The smallest absolute Gasteiger partial charge is 0.235 e. The zero-order valence-corrected chi connectivity index (χ0v) is 15.2. The van der Waals surface area contributed by atoms with Gasteiger partial charge in [0.05, 0.1) is 18.2 Å². The average molecular weight is 395 g/mol. The summed E-state index contributed by atoms with van der Waals surface area (Å²) in [5.41, 5.74) is 1.40. The molecule has 6 nitrogen and oxygen atoms in total. The Morgan fingerprint density at radius 1 is 1.04 bits per heavy atom. The molecule has 0 spiro atoms. The maximum atomic E-state index is 14.2. The van der Waals surface area contributed by atoms with Gasteiger partial charge in [-0.05, 0) is 30.3 Å². The van der Waals surface area contributed by atoms with Crippen molar-refractivity contribution in [1.29, 1.82) is 0 Å². The second kappa shape index (κ2) is 6.31. The number of halogens is 2. The largest absolute Gasteiger partial charge is 0.497 e. The number of pyridine rings is 1. The van der Waals surface area contributed by atoms with Crippen LogP contribution in [-0.4, -0.2) is 31.9 Å². The molecule has 0 unspecified atom stereocenters. The second-order valence-electron chi connectivity index (χ2n) is 5.98. The summed E-state index contributed by atoms with van der Waals surface area (Å²) in [6.07, 6.45) is 0. The number of hydrogen-bond donors (Lipinski definition) is 0. The highest BCUT2D eigenvalue weighted by Crippen LogP contribution is 2.30. The molecule has 0 fully saturated rings. The summed E-state index contributed by atoms with van der Waals surface area (Å²) in [4.78, 5) is 5.09. The molecule has 0 saturated carbocycles. The lowest BCUT2D eigenvalue weighted by molar-refractivity contribution is 0.415. The van der Waals surface area contributed by atoms with E-state index in [1.807, 2.05) is 30.3 Å². The topological polar surface area (TPSA) is 65.2 Å². The van der Waals surface area contributed by atoms with E-state index in [-0.39, 0.29) is 11.4 Å². The first-order valence-electron chi connectivity index (χ1n) is 8.26. The van der Waals surface area contributed by atoms with E-state index in [0.717, 1.165) is 17.0 Å². The van der Waals surface area contributed by atoms with Gasteiger partial charge >= 0.3 is 0 Å². The lowest BCUT2D eigenvalue weighted by Crippen LogP contribution is -1.96. The molecule has 2 aromatic carbocycles. The van der Waals surface area contributed by atoms with Gasteiger partial charge < -0.3 is 4.74 Å². The van der Waals surface area contributed by atoms with E-state index in [0.29, 0.717) is 21.4 Å². The van der Waals surface area contributed by atoms with Gasteiger partial charge in [-0.1, -0.05) is 23.5 Å². The van der Waals surface area contributed by atoms with Gasteiger partial charge in [0.25, 0.3) is 0 Å². The normalized spacial score (nSPS) is 11.4. The Kier molecular flexibility index (Phi) is 3.76. The molecule has 5 rings (SSSR count). The van der Waals surface area contributed by atoms with Crippen molar-refractivity contribution in [2.24, 2.45) is 0 Å². The molecule has 3 aromatic heterocycles. The number of hydrogen-bond acceptors (Lipinski definition) is 6. The first-order chi connectivity index (χ1) is 13.6. The maximum absolute atomic E-state index is 14.2. The van der Waals surface area contributed by atoms with E-state index in [1.54, 1.807) is 7.11 Å². The molecule has 0 aliphatic heterocycles. The fourth-order valence-corrected chi connectivity index (χ4v) is 3.72. The van der Waals surface area contributed by atoms with Crippen LogP contribution in [0.2, 0.25) is 0 Å². The molecule has 9 heteroatoms. The Morgan fingerprint density at radius 3 is 2.75 bits per heavy atom. The molecule has 0 N–H and O–H groups in total. The van der Waals surface area contributed by atoms with E-state index in [9.17, 15) is 8.78 Å². The number of methoxy groups -OCH3 is 1. The van der Waals surface area contributed by atoms with E-state index < -0.39 is 11.6 Å². The molecule has 0 bridgehead atoms. The number of aromatic nitrogens is 5. The van der Waals surface area contributed by atoms with Crippen LogP contribution < -0.4 is 4.74 Å². The number of fused-ring (bicyclic) bond motifs is 2. The van der Waals surface area contributed by atoms with Gasteiger partial charge in [-0.25, -0.2) is 13.8 Å². The van der Waals surface area contributed by atoms with Crippen LogP contribution in [-0.2, 0) is 0 Å². The fraction of sp³-hybridized carbons (Fsp3) is 0.0526. The van der Waals surface area contributed by atoms with Crippen LogP contribution in [0.25, 0.3) is 38.0 Å². The molecule has 5 aromatic rings. The minimum absolute atomic E-state index is 0.000516. The van der Waals surface area contributed by atoms with Crippen molar-refractivity contribution in [3.63, 3.8) is 0 Å². The standard InChI is InChI=1S/C19H11F2N5OS/c1-27-11-7-5-10-6-8-14(22-15(10)9-11)18-25-26-17(23-24-19(26)28-18)12-3-2-4-13(20)16(12)21/h2-9H,1H3. The predicted molar refractivity (Wildman–Crippen MR) is 101 cm³/mol. The Hall–Kier alpha value is -3.46. The summed E-state index contributed by atoms with van der Waals surface area (Å²) in [7, 11) is 1.60. The van der Waals surface area contributed by atoms with Crippen molar-refractivity contribution in [2.75, 3.05) is 7.11 Å². The summed E-state index contributed by atoms with van der Waals surface area (Å²) < 4.78 is 34.4. The molecule has 138 valence electrons. The van der Waals surface area contributed by atoms with Crippen LogP contribution >= 0.6 is 11.3 Å². The van der Waals surface area contributed by atoms with Crippen LogP contribution in [0.15, 0.2) is 48.5 Å². The Morgan fingerprint density at radius 2 is 1.89 bits per heavy atom. The number of benzene rings is 2. The van der Waals surface area contributed by atoms with Crippen LogP contribution in [0.4, 0.5) is 8.78 Å². The molecule has 0 amide bonds. The van der Waals surface area contributed by atoms with Gasteiger partial charge in [-0.15, -0.1) is 10.2 Å². The van der Waals surface area contributed by atoms with E-state index >= 15 is 0 Å². The molecule has 0 aliphatic rings. The molecule has 28 heavy (non-hydrogen) atoms. The first kappa shape index (κ1) is 16.7. The third-order valence-corrected chi connectivity index (χ3v) is 5.22. The lowest BCUT2D eigenvalue weighted by Gasteiger charge is -2.03. The van der Waals surface area contributed by atoms with E-state index in [2.05, 4.69) is 20.3 Å². The van der Waals surface area contributed by atoms with Crippen LogP contribution in [0.1, 0.15) is 0 Å². The highest BCUT2D eigenvalue weighted by atomic mass is 32.1. The summed E-state index contributed by atoms with van der Waals surface area (Å²) in [5, 5.41) is 14.0. The van der Waals surface area contributed by atoms with Crippen molar-refractivity contribution in [1.82, 2.24) is 24.8 Å². The van der Waals surface area contributed by atoms with Gasteiger partial charge in [0.2, 0.25) is 4.96 Å². The summed E-state index contributed by atoms with van der Waals surface area (Å²) >= 11 is 1.26. The maximum Gasteiger partial charge on any atom is 0.235 e. The van der Waals surface area contributed by atoms with Crippen LogP contribution in [0.5, 0.6) is 5.75 Å².